The lowest BCUT2D eigenvalue weighted by Gasteiger charge is -2.08. The molecule has 0 fully saturated rings. The lowest BCUT2D eigenvalue weighted by molar-refractivity contribution is -0.118. The Balaban J connectivity index is 1.79. The number of ether oxygens (including phenoxy) is 2. The highest BCUT2D eigenvalue weighted by molar-refractivity contribution is 5.92. The molecule has 0 saturated carbocycles. The zero-order valence-corrected chi connectivity index (χ0v) is 14.0. The normalized spacial score (nSPS) is 10.2. The molecule has 0 aliphatic heterocycles. The van der Waals surface area contributed by atoms with E-state index in [1.807, 2.05) is 6.92 Å². The number of anilines is 1. The molecule has 0 radical (unpaired) electrons. The summed E-state index contributed by atoms with van der Waals surface area (Å²) in [6.07, 6.45) is 1.79. The molecule has 2 aromatic carbocycles. The molecule has 0 aliphatic rings. The number of hydrogen-bond donors (Lipinski definition) is 1. The average Bonchev–Trinajstić information content (AvgIpc) is 2.62. The lowest BCUT2D eigenvalue weighted by atomic mass is 10.2. The van der Waals surface area contributed by atoms with Crippen molar-refractivity contribution in [3.63, 3.8) is 0 Å². The largest absolute Gasteiger partial charge is 0.484 e. The van der Waals surface area contributed by atoms with Crippen LogP contribution in [0.1, 0.15) is 30.1 Å². The number of hydrogen-bond acceptors (Lipinski definition) is 4. The van der Waals surface area contributed by atoms with Crippen molar-refractivity contribution in [1.82, 2.24) is 0 Å². The van der Waals surface area contributed by atoms with Gasteiger partial charge in [-0.2, -0.15) is 0 Å². The van der Waals surface area contributed by atoms with Gasteiger partial charge in [-0.05, 0) is 55.0 Å². The Labute approximate surface area is 145 Å². The minimum atomic E-state index is -0.381. The fourth-order valence-corrected chi connectivity index (χ4v) is 1.96. The highest BCUT2D eigenvalue weighted by Gasteiger charge is 2.08. The molecule has 0 spiro atoms. The van der Waals surface area contributed by atoms with Crippen LogP contribution in [-0.4, -0.2) is 25.1 Å². The summed E-state index contributed by atoms with van der Waals surface area (Å²) in [5.41, 5.74) is 0.916. The predicted octanol–water partition coefficient (Wildman–Crippen LogP) is 3.80. The van der Waals surface area contributed by atoms with Crippen molar-refractivity contribution < 1.29 is 23.5 Å². The van der Waals surface area contributed by atoms with E-state index < -0.39 is 0 Å². The zero-order chi connectivity index (χ0) is 18.1. The number of halogens is 1. The second kappa shape index (κ2) is 9.42. The number of amides is 1. The SMILES string of the molecule is CCCCOC(=O)c1ccc(OCC(=O)Nc2ccc(F)cc2)cc1. The molecule has 0 heterocycles. The van der Waals surface area contributed by atoms with Gasteiger partial charge in [0.05, 0.1) is 12.2 Å². The Morgan fingerprint density at radius 2 is 1.72 bits per heavy atom. The smallest absolute Gasteiger partial charge is 0.338 e. The number of rotatable bonds is 8. The van der Waals surface area contributed by atoms with E-state index in [4.69, 9.17) is 9.47 Å². The number of esters is 1. The summed E-state index contributed by atoms with van der Waals surface area (Å²) in [5.74, 6) is -0.661. The Bertz CT molecular complexity index is 698. The highest BCUT2D eigenvalue weighted by atomic mass is 19.1. The molecule has 2 aromatic rings. The van der Waals surface area contributed by atoms with Crippen LogP contribution in [0.15, 0.2) is 48.5 Å². The van der Waals surface area contributed by atoms with Gasteiger partial charge in [0.25, 0.3) is 5.91 Å². The topological polar surface area (TPSA) is 64.6 Å². The van der Waals surface area contributed by atoms with Crippen molar-refractivity contribution in [3.05, 3.63) is 59.9 Å². The van der Waals surface area contributed by atoms with E-state index in [9.17, 15) is 14.0 Å². The van der Waals surface area contributed by atoms with Gasteiger partial charge in [0.1, 0.15) is 11.6 Å². The summed E-state index contributed by atoms with van der Waals surface area (Å²) in [6, 6.07) is 11.8. The van der Waals surface area contributed by atoms with Crippen molar-refractivity contribution in [2.24, 2.45) is 0 Å². The van der Waals surface area contributed by atoms with E-state index in [0.29, 0.717) is 23.6 Å². The standard InChI is InChI=1S/C19H20FNO4/c1-2-3-12-24-19(23)14-4-10-17(11-5-14)25-13-18(22)21-16-8-6-15(20)7-9-16/h4-11H,2-3,12-13H2,1H3,(H,21,22). The number of unbranched alkanes of at least 4 members (excludes halogenated alkanes) is 1. The predicted molar refractivity (Wildman–Crippen MR) is 92.2 cm³/mol. The van der Waals surface area contributed by atoms with Gasteiger partial charge in [-0.15, -0.1) is 0 Å². The number of carbonyl (C=O) groups excluding carboxylic acids is 2. The summed E-state index contributed by atoms with van der Waals surface area (Å²) in [6.45, 7) is 2.22. The molecule has 2 rings (SSSR count). The van der Waals surface area contributed by atoms with Crippen LogP contribution < -0.4 is 10.1 Å². The summed E-state index contributed by atoms with van der Waals surface area (Å²) >= 11 is 0. The van der Waals surface area contributed by atoms with E-state index in [0.717, 1.165) is 12.8 Å². The van der Waals surface area contributed by atoms with Crippen molar-refractivity contribution in [1.29, 1.82) is 0 Å². The Kier molecular flexibility index (Phi) is 6.95. The molecule has 25 heavy (non-hydrogen) atoms. The molecule has 1 N–H and O–H groups in total. The fraction of sp³-hybridized carbons (Fsp3) is 0.263. The maximum absolute atomic E-state index is 12.8. The van der Waals surface area contributed by atoms with Gasteiger partial charge in [0.15, 0.2) is 6.61 Å². The van der Waals surface area contributed by atoms with E-state index in [1.165, 1.54) is 24.3 Å². The summed E-state index contributed by atoms with van der Waals surface area (Å²) in [5, 5.41) is 2.59. The summed E-state index contributed by atoms with van der Waals surface area (Å²) in [7, 11) is 0. The van der Waals surface area contributed by atoms with Crippen molar-refractivity contribution in [2.75, 3.05) is 18.5 Å². The first-order chi connectivity index (χ1) is 12.1. The van der Waals surface area contributed by atoms with Gasteiger partial charge in [-0.1, -0.05) is 13.3 Å². The fourth-order valence-electron chi connectivity index (χ4n) is 1.96. The van der Waals surface area contributed by atoms with Gasteiger partial charge in [0.2, 0.25) is 0 Å². The minimum absolute atomic E-state index is 0.197. The van der Waals surface area contributed by atoms with E-state index in [2.05, 4.69) is 5.32 Å². The third-order valence-corrected chi connectivity index (χ3v) is 3.32. The first kappa shape index (κ1) is 18.4. The Morgan fingerprint density at radius 3 is 2.36 bits per heavy atom. The van der Waals surface area contributed by atoms with Crippen LogP contribution in [0.25, 0.3) is 0 Å². The van der Waals surface area contributed by atoms with Gasteiger partial charge < -0.3 is 14.8 Å². The van der Waals surface area contributed by atoms with E-state index in [-0.39, 0.29) is 24.3 Å². The average molecular weight is 345 g/mol. The monoisotopic (exact) mass is 345 g/mol. The highest BCUT2D eigenvalue weighted by Crippen LogP contribution is 2.14. The molecule has 0 aromatic heterocycles. The first-order valence-electron chi connectivity index (χ1n) is 8.04. The molecule has 0 atom stereocenters. The van der Waals surface area contributed by atoms with Crippen molar-refractivity contribution in [3.8, 4) is 5.75 Å². The van der Waals surface area contributed by atoms with Crippen LogP contribution in [0, 0.1) is 5.82 Å². The third-order valence-electron chi connectivity index (χ3n) is 3.32. The maximum atomic E-state index is 12.8. The van der Waals surface area contributed by atoms with Crippen LogP contribution in [0.2, 0.25) is 0 Å². The van der Waals surface area contributed by atoms with Crippen LogP contribution in [0.5, 0.6) is 5.75 Å². The van der Waals surface area contributed by atoms with E-state index in [1.54, 1.807) is 24.3 Å². The first-order valence-corrected chi connectivity index (χ1v) is 8.04. The minimum Gasteiger partial charge on any atom is -0.484 e. The maximum Gasteiger partial charge on any atom is 0.338 e. The zero-order valence-electron chi connectivity index (χ0n) is 14.0. The van der Waals surface area contributed by atoms with Crippen LogP contribution >= 0.6 is 0 Å². The molecule has 0 saturated heterocycles. The van der Waals surface area contributed by atoms with Crippen molar-refractivity contribution in [2.45, 2.75) is 19.8 Å². The number of carbonyl (C=O) groups is 2. The molecule has 0 aliphatic carbocycles. The third kappa shape index (κ3) is 6.25. The van der Waals surface area contributed by atoms with Gasteiger partial charge in [-0.3, -0.25) is 4.79 Å². The second-order valence-corrected chi connectivity index (χ2v) is 5.36. The summed E-state index contributed by atoms with van der Waals surface area (Å²) in [4.78, 5) is 23.6. The van der Waals surface area contributed by atoms with Gasteiger partial charge in [-0.25, -0.2) is 9.18 Å². The Hall–Kier alpha value is -2.89. The van der Waals surface area contributed by atoms with Gasteiger partial charge >= 0.3 is 5.97 Å². The van der Waals surface area contributed by atoms with Crippen LogP contribution in [0.4, 0.5) is 10.1 Å². The summed E-state index contributed by atoms with van der Waals surface area (Å²) < 4.78 is 23.3. The van der Waals surface area contributed by atoms with E-state index >= 15 is 0 Å². The molecule has 0 bridgehead atoms. The lowest BCUT2D eigenvalue weighted by Crippen LogP contribution is -2.20. The van der Waals surface area contributed by atoms with Gasteiger partial charge in [0, 0.05) is 5.69 Å². The molecule has 6 heteroatoms. The molecule has 1 amide bonds. The molecular weight excluding hydrogens is 325 g/mol. The number of nitrogens with one attached hydrogen (secondary N) is 1. The second-order valence-electron chi connectivity index (χ2n) is 5.36. The molecular formula is C19H20FNO4. The quantitative estimate of drug-likeness (QED) is 0.584. The molecule has 132 valence electrons. The van der Waals surface area contributed by atoms with Crippen LogP contribution in [-0.2, 0) is 9.53 Å². The number of benzene rings is 2. The Morgan fingerprint density at radius 1 is 1.04 bits per heavy atom. The van der Waals surface area contributed by atoms with Crippen LogP contribution in [0.3, 0.4) is 0 Å². The van der Waals surface area contributed by atoms with Crippen molar-refractivity contribution >= 4 is 17.6 Å². The molecule has 0 unspecified atom stereocenters. The molecule has 5 nitrogen and oxygen atoms in total.